The molecule has 1 N–H and O–H groups in total. The first kappa shape index (κ1) is 24.3. The molecule has 0 bridgehead atoms. The summed E-state index contributed by atoms with van der Waals surface area (Å²) in [7, 11) is 1.73. The molecule has 4 rings (SSSR count). The summed E-state index contributed by atoms with van der Waals surface area (Å²) in [5.74, 6) is -0.755. The van der Waals surface area contributed by atoms with Gasteiger partial charge < -0.3 is 10.2 Å². The third-order valence-electron chi connectivity index (χ3n) is 6.12. The van der Waals surface area contributed by atoms with Crippen LogP contribution in [-0.2, 0) is 12.4 Å². The average molecular weight is 501 g/mol. The maximum absolute atomic E-state index is 13.4. The monoisotopic (exact) mass is 501 g/mol. The number of rotatable bonds is 4. The number of benzene rings is 1. The van der Waals surface area contributed by atoms with Gasteiger partial charge in [-0.1, -0.05) is 18.2 Å². The molecule has 11 heteroatoms. The van der Waals surface area contributed by atoms with Crippen LogP contribution in [0.2, 0.25) is 0 Å². The summed E-state index contributed by atoms with van der Waals surface area (Å²) in [5, 5.41) is 4.52. The number of para-hydroxylation sites is 1. The molecule has 0 unspecified atom stereocenters. The minimum atomic E-state index is -4.60. The second-order valence-electron chi connectivity index (χ2n) is 8.29. The van der Waals surface area contributed by atoms with Crippen LogP contribution in [0.4, 0.5) is 32.0 Å². The summed E-state index contributed by atoms with van der Waals surface area (Å²) in [6.45, 7) is 0. The topological polar surface area (TPSA) is 45.2 Å². The highest BCUT2D eigenvalue weighted by Gasteiger charge is 2.37. The molecule has 1 fully saturated rings. The summed E-state index contributed by atoms with van der Waals surface area (Å²) in [6, 6.07) is 8.16. The molecule has 0 radical (unpaired) electrons. The molecule has 0 spiro atoms. The van der Waals surface area contributed by atoms with Crippen LogP contribution >= 0.6 is 11.3 Å². The van der Waals surface area contributed by atoms with Crippen molar-refractivity contribution in [2.24, 2.45) is 0 Å². The zero-order valence-corrected chi connectivity index (χ0v) is 18.8. The van der Waals surface area contributed by atoms with Crippen molar-refractivity contribution >= 4 is 33.8 Å². The Morgan fingerprint density at radius 3 is 2.35 bits per heavy atom. The van der Waals surface area contributed by atoms with Gasteiger partial charge in [0.05, 0.1) is 11.1 Å². The van der Waals surface area contributed by atoms with E-state index < -0.39 is 29.5 Å². The third-order valence-corrected chi connectivity index (χ3v) is 7.03. The van der Waals surface area contributed by atoms with E-state index in [1.165, 1.54) is 11.4 Å². The van der Waals surface area contributed by atoms with Crippen molar-refractivity contribution in [3.8, 4) is 0 Å². The number of carbonyl (C=O) groups is 1. The van der Waals surface area contributed by atoms with E-state index in [0.717, 1.165) is 23.5 Å². The van der Waals surface area contributed by atoms with E-state index in [4.69, 9.17) is 0 Å². The Hall–Kier alpha value is -2.82. The summed E-state index contributed by atoms with van der Waals surface area (Å²) in [6.07, 6.45) is -7.05. The zero-order chi connectivity index (χ0) is 24.7. The number of fused-ring (bicyclic) bond motifs is 1. The minimum absolute atomic E-state index is 0.0903. The molecule has 3 aromatic rings. The number of hydrogen-bond donors (Lipinski definition) is 1. The van der Waals surface area contributed by atoms with E-state index >= 15 is 0 Å². The molecule has 1 aliphatic rings. The number of alkyl halides is 6. The van der Waals surface area contributed by atoms with Gasteiger partial charge in [0.1, 0.15) is 10.6 Å². The number of amides is 1. The van der Waals surface area contributed by atoms with Gasteiger partial charge in [0.2, 0.25) is 0 Å². The van der Waals surface area contributed by atoms with Crippen molar-refractivity contribution in [3.63, 3.8) is 0 Å². The first-order valence-corrected chi connectivity index (χ1v) is 11.5. The molecule has 0 atom stereocenters. The summed E-state index contributed by atoms with van der Waals surface area (Å²) >= 11 is 0.742. The van der Waals surface area contributed by atoms with Gasteiger partial charge >= 0.3 is 12.4 Å². The fourth-order valence-electron chi connectivity index (χ4n) is 4.36. The van der Waals surface area contributed by atoms with Crippen molar-refractivity contribution in [1.29, 1.82) is 0 Å². The molecule has 2 aromatic heterocycles. The van der Waals surface area contributed by atoms with Crippen LogP contribution in [0.1, 0.15) is 46.6 Å². The van der Waals surface area contributed by atoms with Crippen LogP contribution in [-0.4, -0.2) is 30.0 Å². The van der Waals surface area contributed by atoms with Gasteiger partial charge in [-0.05, 0) is 49.3 Å². The zero-order valence-electron chi connectivity index (χ0n) is 18.0. The highest BCUT2D eigenvalue weighted by molar-refractivity contribution is 7.12. The highest BCUT2D eigenvalue weighted by Crippen LogP contribution is 2.37. The molecule has 0 aliphatic heterocycles. The lowest BCUT2D eigenvalue weighted by Gasteiger charge is -2.37. The van der Waals surface area contributed by atoms with E-state index in [1.54, 1.807) is 30.1 Å². The van der Waals surface area contributed by atoms with Crippen LogP contribution in [0.5, 0.6) is 0 Å². The van der Waals surface area contributed by atoms with Crippen molar-refractivity contribution in [2.75, 3.05) is 11.9 Å². The van der Waals surface area contributed by atoms with E-state index in [2.05, 4.69) is 10.3 Å². The van der Waals surface area contributed by atoms with Crippen molar-refractivity contribution in [2.45, 2.75) is 50.1 Å². The van der Waals surface area contributed by atoms with E-state index in [9.17, 15) is 31.1 Å². The number of nitrogens with zero attached hydrogens (tertiary/aromatic N) is 2. The quantitative estimate of drug-likeness (QED) is 0.415. The van der Waals surface area contributed by atoms with Gasteiger partial charge in [-0.25, -0.2) is 4.98 Å². The molecule has 1 aliphatic carbocycles. The fourth-order valence-corrected chi connectivity index (χ4v) is 5.17. The number of nitrogens with one attached hydrogen (secondary N) is 1. The molecule has 2 heterocycles. The van der Waals surface area contributed by atoms with E-state index in [-0.39, 0.29) is 22.5 Å². The SMILES string of the molecule is CN(c1cc(C(F)(F)F)nc2ccccc12)[C@H]1CC[C@@H](NC(=O)c2sccc2C(F)(F)F)CC1. The first-order valence-electron chi connectivity index (χ1n) is 10.6. The Morgan fingerprint density at radius 1 is 1.03 bits per heavy atom. The predicted molar refractivity (Wildman–Crippen MR) is 118 cm³/mol. The van der Waals surface area contributed by atoms with Crippen molar-refractivity contribution in [3.05, 3.63) is 57.9 Å². The predicted octanol–water partition coefficient (Wildman–Crippen LogP) is 6.51. The molecule has 1 aromatic carbocycles. The summed E-state index contributed by atoms with van der Waals surface area (Å²) in [5.41, 5.74) is -1.26. The standard InChI is InChI=1S/C23H21F6N3OS/c1-32(18-12-19(23(27,28)29)31-17-5-3-2-4-15(17)18)14-8-6-13(7-9-14)30-21(33)20-16(10-11-34-20)22(24,25)26/h2-5,10-14H,6-9H2,1H3,(H,30,33)/t13-,14+. The van der Waals surface area contributed by atoms with E-state index in [1.807, 2.05) is 0 Å². The molecule has 4 nitrogen and oxygen atoms in total. The number of hydrogen-bond acceptors (Lipinski definition) is 4. The Labute approximate surface area is 195 Å². The molecular formula is C23H21F6N3OS. The smallest absolute Gasteiger partial charge is 0.371 e. The highest BCUT2D eigenvalue weighted by atomic mass is 32.1. The third kappa shape index (κ3) is 4.98. The molecule has 182 valence electrons. The largest absolute Gasteiger partial charge is 0.433 e. The van der Waals surface area contributed by atoms with Gasteiger partial charge in [0.25, 0.3) is 5.91 Å². The molecule has 0 saturated heterocycles. The fraction of sp³-hybridized carbons (Fsp3) is 0.391. The number of anilines is 1. The summed E-state index contributed by atoms with van der Waals surface area (Å²) in [4.78, 5) is 17.6. The van der Waals surface area contributed by atoms with Gasteiger partial charge in [-0.2, -0.15) is 26.3 Å². The van der Waals surface area contributed by atoms with Gasteiger partial charge in [0, 0.05) is 30.2 Å². The lowest BCUT2D eigenvalue weighted by molar-refractivity contribution is -0.141. The normalized spacial score (nSPS) is 19.3. The van der Waals surface area contributed by atoms with Gasteiger partial charge in [-0.3, -0.25) is 4.79 Å². The lowest BCUT2D eigenvalue weighted by atomic mass is 9.89. The van der Waals surface area contributed by atoms with Crippen LogP contribution in [0.15, 0.2) is 41.8 Å². The Morgan fingerprint density at radius 2 is 1.71 bits per heavy atom. The molecule has 1 amide bonds. The average Bonchev–Trinajstić information content (AvgIpc) is 3.29. The lowest BCUT2D eigenvalue weighted by Crippen LogP contribution is -2.43. The molecular weight excluding hydrogens is 480 g/mol. The second kappa shape index (κ2) is 9.09. The maximum Gasteiger partial charge on any atom is 0.433 e. The maximum atomic E-state index is 13.4. The number of carbonyl (C=O) groups excluding carboxylic acids is 1. The Kier molecular flexibility index (Phi) is 6.50. The molecule has 34 heavy (non-hydrogen) atoms. The van der Waals surface area contributed by atoms with Crippen LogP contribution in [0.3, 0.4) is 0 Å². The number of halogens is 6. The van der Waals surface area contributed by atoms with Crippen LogP contribution < -0.4 is 10.2 Å². The first-order chi connectivity index (χ1) is 15.9. The van der Waals surface area contributed by atoms with Gasteiger partial charge in [-0.15, -0.1) is 11.3 Å². The second-order valence-corrected chi connectivity index (χ2v) is 9.21. The van der Waals surface area contributed by atoms with Crippen molar-refractivity contribution in [1.82, 2.24) is 10.3 Å². The van der Waals surface area contributed by atoms with Crippen LogP contribution in [0.25, 0.3) is 10.9 Å². The van der Waals surface area contributed by atoms with Gasteiger partial charge in [0.15, 0.2) is 0 Å². The Bertz CT molecular complexity index is 1180. The van der Waals surface area contributed by atoms with Crippen LogP contribution in [0, 0.1) is 0 Å². The Balaban J connectivity index is 1.47. The van der Waals surface area contributed by atoms with E-state index in [0.29, 0.717) is 36.8 Å². The number of aromatic nitrogens is 1. The molecule has 1 saturated carbocycles. The number of pyridine rings is 1. The summed E-state index contributed by atoms with van der Waals surface area (Å²) < 4.78 is 79.5. The van der Waals surface area contributed by atoms with Crippen molar-refractivity contribution < 1.29 is 31.1 Å². The number of thiophene rings is 1. The minimum Gasteiger partial charge on any atom is -0.371 e.